The molecule has 12 heavy (non-hydrogen) atoms. The molecule has 70 valence electrons. The highest BCUT2D eigenvalue weighted by Gasteiger charge is 2.49. The molecule has 0 heterocycles. The summed E-state index contributed by atoms with van der Waals surface area (Å²) in [5.41, 5.74) is 0. The second-order valence-electron chi connectivity index (χ2n) is 2.54. The van der Waals surface area contributed by atoms with Gasteiger partial charge in [0.25, 0.3) is 0 Å². The smallest absolute Gasteiger partial charge is 0.309 e. The largest absolute Gasteiger partial charge is 0.481 e. The predicted molar refractivity (Wildman–Crippen MR) is 43.1 cm³/mol. The minimum absolute atomic E-state index is 0. The number of carboxylic acids is 1. The van der Waals surface area contributed by atoms with Crippen LogP contribution in [0.15, 0.2) is 0 Å². The van der Waals surface area contributed by atoms with Crippen molar-refractivity contribution in [2.24, 2.45) is 11.8 Å². The molecule has 4 nitrogen and oxygen atoms in total. The Morgan fingerprint density at radius 1 is 1.50 bits per heavy atom. The van der Waals surface area contributed by atoms with Gasteiger partial charge in [0, 0.05) is 0 Å². The summed E-state index contributed by atoms with van der Waals surface area (Å²) in [5, 5.41) is 8.43. The number of hydrogen-bond donors (Lipinski definition) is 1. The van der Waals surface area contributed by atoms with Crippen LogP contribution < -0.4 is 0 Å². The molecular weight excluding hydrogens is 184 g/mol. The van der Waals surface area contributed by atoms with E-state index in [1.807, 2.05) is 0 Å². The van der Waals surface area contributed by atoms with E-state index in [1.165, 1.54) is 0 Å². The Labute approximate surface area is 76.3 Å². The van der Waals surface area contributed by atoms with Gasteiger partial charge in [-0.05, 0) is 13.3 Å². The number of carbonyl (C=O) groups is 2. The zero-order valence-electron chi connectivity index (χ0n) is 6.65. The van der Waals surface area contributed by atoms with E-state index in [9.17, 15) is 9.59 Å². The topological polar surface area (TPSA) is 63.6 Å². The number of ether oxygens (including phenoxy) is 1. The van der Waals surface area contributed by atoms with E-state index < -0.39 is 11.9 Å². The lowest BCUT2D eigenvalue weighted by molar-refractivity contribution is -0.148. The molecule has 2 atom stereocenters. The average molecular weight is 195 g/mol. The summed E-state index contributed by atoms with van der Waals surface area (Å²) in [4.78, 5) is 21.1. The van der Waals surface area contributed by atoms with Gasteiger partial charge in [-0.2, -0.15) is 0 Å². The lowest BCUT2D eigenvalue weighted by atomic mass is 10.3. The molecule has 0 bridgehead atoms. The number of carbonyl (C=O) groups excluding carboxylic acids is 1. The van der Waals surface area contributed by atoms with Gasteiger partial charge < -0.3 is 9.84 Å². The standard InChI is InChI=1S/C7H10O4.ClH/c1-2-11-7(10)5-3-4(5)6(8)9;/h4-5H,2-3H2,1H3,(H,8,9);1H/t4-,5-;/m1./s1. The second-order valence-corrected chi connectivity index (χ2v) is 2.54. The van der Waals surface area contributed by atoms with Gasteiger partial charge in [-0.15, -0.1) is 12.4 Å². The molecule has 0 saturated heterocycles. The first kappa shape index (κ1) is 11.2. The van der Waals surface area contributed by atoms with Gasteiger partial charge in [0.1, 0.15) is 0 Å². The van der Waals surface area contributed by atoms with Gasteiger partial charge in [-0.1, -0.05) is 0 Å². The van der Waals surface area contributed by atoms with Crippen LogP contribution in [-0.4, -0.2) is 23.7 Å². The fourth-order valence-corrected chi connectivity index (χ4v) is 0.978. The van der Waals surface area contributed by atoms with E-state index in [2.05, 4.69) is 4.74 Å². The van der Waals surface area contributed by atoms with Crippen LogP contribution in [0.4, 0.5) is 0 Å². The van der Waals surface area contributed by atoms with Gasteiger partial charge in [-0.25, -0.2) is 0 Å². The van der Waals surface area contributed by atoms with Crippen LogP contribution in [0.5, 0.6) is 0 Å². The van der Waals surface area contributed by atoms with Crippen molar-refractivity contribution < 1.29 is 19.4 Å². The molecule has 5 heteroatoms. The molecule has 1 aliphatic rings. The average Bonchev–Trinajstić information content (AvgIpc) is 2.65. The van der Waals surface area contributed by atoms with E-state index in [0.29, 0.717) is 13.0 Å². The fourth-order valence-electron chi connectivity index (χ4n) is 0.978. The van der Waals surface area contributed by atoms with Crippen LogP contribution in [-0.2, 0) is 14.3 Å². The third-order valence-electron chi connectivity index (χ3n) is 1.70. The molecule has 0 aromatic carbocycles. The summed E-state index contributed by atoms with van der Waals surface area (Å²) in [6.07, 6.45) is 0.439. The first-order valence-electron chi connectivity index (χ1n) is 3.56. The number of carboxylic acid groups (broad SMARTS) is 1. The Hall–Kier alpha value is -0.770. The van der Waals surface area contributed by atoms with Crippen LogP contribution in [0.2, 0.25) is 0 Å². The van der Waals surface area contributed by atoms with Crippen molar-refractivity contribution in [2.75, 3.05) is 6.61 Å². The molecule has 0 aromatic heterocycles. The van der Waals surface area contributed by atoms with E-state index in [0.717, 1.165) is 0 Å². The van der Waals surface area contributed by atoms with Gasteiger partial charge >= 0.3 is 11.9 Å². The second kappa shape index (κ2) is 4.30. The zero-order chi connectivity index (χ0) is 8.43. The van der Waals surface area contributed by atoms with E-state index in [4.69, 9.17) is 5.11 Å². The van der Waals surface area contributed by atoms with Gasteiger partial charge in [0.05, 0.1) is 18.4 Å². The monoisotopic (exact) mass is 194 g/mol. The molecule has 1 rings (SSSR count). The van der Waals surface area contributed by atoms with Gasteiger partial charge in [0.15, 0.2) is 0 Å². The molecule has 0 aliphatic heterocycles. The van der Waals surface area contributed by atoms with Crippen LogP contribution in [0.25, 0.3) is 0 Å². The highest BCUT2D eigenvalue weighted by molar-refractivity contribution is 5.86. The first-order valence-corrected chi connectivity index (χ1v) is 3.56. The SMILES string of the molecule is CCOC(=O)[C@@H]1C[C@H]1C(=O)O.Cl. The number of rotatable bonds is 3. The van der Waals surface area contributed by atoms with Crippen molar-refractivity contribution in [3.63, 3.8) is 0 Å². The van der Waals surface area contributed by atoms with E-state index in [-0.39, 0.29) is 24.3 Å². The number of halogens is 1. The normalized spacial score (nSPS) is 25.4. The maximum atomic E-state index is 10.8. The quantitative estimate of drug-likeness (QED) is 0.672. The molecule has 0 aromatic rings. The minimum atomic E-state index is -0.900. The number of hydrogen-bond acceptors (Lipinski definition) is 3. The lowest BCUT2D eigenvalue weighted by Gasteiger charge is -1.97. The highest BCUT2D eigenvalue weighted by atomic mass is 35.5. The van der Waals surface area contributed by atoms with Crippen molar-refractivity contribution in [3.05, 3.63) is 0 Å². The lowest BCUT2D eigenvalue weighted by Crippen LogP contribution is -2.10. The fraction of sp³-hybridized carbons (Fsp3) is 0.714. The zero-order valence-corrected chi connectivity index (χ0v) is 7.47. The van der Waals surface area contributed by atoms with Gasteiger partial charge in [0.2, 0.25) is 0 Å². The third-order valence-corrected chi connectivity index (χ3v) is 1.70. The maximum Gasteiger partial charge on any atom is 0.309 e. The summed E-state index contributed by atoms with van der Waals surface area (Å²) in [6.45, 7) is 2.03. The van der Waals surface area contributed by atoms with Crippen LogP contribution in [0, 0.1) is 11.8 Å². The molecule has 0 spiro atoms. The molecule has 1 saturated carbocycles. The molecular formula is C7H11ClO4. The predicted octanol–water partition coefficient (Wildman–Crippen LogP) is 0.692. The van der Waals surface area contributed by atoms with E-state index in [1.54, 1.807) is 6.92 Å². The minimum Gasteiger partial charge on any atom is -0.481 e. The Morgan fingerprint density at radius 3 is 2.42 bits per heavy atom. The summed E-state index contributed by atoms with van der Waals surface area (Å²) in [5.74, 6) is -2.15. The third kappa shape index (κ3) is 2.37. The van der Waals surface area contributed by atoms with Crippen molar-refractivity contribution in [2.45, 2.75) is 13.3 Å². The van der Waals surface area contributed by atoms with Crippen molar-refractivity contribution >= 4 is 24.3 Å². The number of aliphatic carboxylic acids is 1. The first-order chi connectivity index (χ1) is 5.16. The van der Waals surface area contributed by atoms with Crippen molar-refractivity contribution in [1.29, 1.82) is 0 Å². The van der Waals surface area contributed by atoms with E-state index >= 15 is 0 Å². The highest BCUT2D eigenvalue weighted by Crippen LogP contribution is 2.39. The molecule has 1 aliphatic carbocycles. The molecule has 1 N–H and O–H groups in total. The molecule has 0 amide bonds. The van der Waals surface area contributed by atoms with Crippen LogP contribution in [0.1, 0.15) is 13.3 Å². The van der Waals surface area contributed by atoms with Crippen molar-refractivity contribution in [1.82, 2.24) is 0 Å². The Balaban J connectivity index is 0.00000121. The summed E-state index contributed by atoms with van der Waals surface area (Å²) >= 11 is 0. The summed E-state index contributed by atoms with van der Waals surface area (Å²) in [7, 11) is 0. The Morgan fingerprint density at radius 2 is 2.08 bits per heavy atom. The van der Waals surface area contributed by atoms with Crippen LogP contribution in [0.3, 0.4) is 0 Å². The molecule has 0 radical (unpaired) electrons. The summed E-state index contributed by atoms with van der Waals surface area (Å²) in [6, 6.07) is 0. The Kier molecular flexibility index (Phi) is 4.03. The van der Waals surface area contributed by atoms with Crippen molar-refractivity contribution in [3.8, 4) is 0 Å². The molecule has 0 unspecified atom stereocenters. The summed E-state index contributed by atoms with van der Waals surface area (Å²) < 4.78 is 4.64. The van der Waals surface area contributed by atoms with Crippen LogP contribution >= 0.6 is 12.4 Å². The molecule has 1 fully saturated rings. The maximum absolute atomic E-state index is 10.8. The van der Waals surface area contributed by atoms with Gasteiger partial charge in [-0.3, -0.25) is 9.59 Å². The Bertz CT molecular complexity index is 192. The number of esters is 1.